The van der Waals surface area contributed by atoms with Crippen molar-refractivity contribution in [2.75, 3.05) is 11.9 Å². The summed E-state index contributed by atoms with van der Waals surface area (Å²) in [5.41, 5.74) is 7.30. The first-order valence-corrected chi connectivity index (χ1v) is 6.93. The van der Waals surface area contributed by atoms with Crippen molar-refractivity contribution in [2.45, 2.75) is 32.3 Å². The number of benzene rings is 1. The van der Waals surface area contributed by atoms with Gasteiger partial charge in [-0.3, -0.25) is 4.79 Å². The maximum absolute atomic E-state index is 12.1. The number of aliphatic hydroxyl groups excluding tert-OH is 1. The zero-order valence-corrected chi connectivity index (χ0v) is 11.1. The highest BCUT2D eigenvalue weighted by Crippen LogP contribution is 2.29. The largest absolute Gasteiger partial charge is 0.392 e. The minimum Gasteiger partial charge on any atom is -0.392 e. The molecule has 0 spiro atoms. The number of rotatable bonds is 4. The van der Waals surface area contributed by atoms with E-state index in [-0.39, 0.29) is 18.4 Å². The third-order valence-corrected chi connectivity index (χ3v) is 3.95. The van der Waals surface area contributed by atoms with Gasteiger partial charge in [-0.05, 0) is 55.8 Å². The van der Waals surface area contributed by atoms with E-state index in [1.54, 1.807) is 0 Å². The third-order valence-electron chi connectivity index (χ3n) is 3.95. The standard InChI is InChI=1S/C15H22N2O2/c16-9-11-1-5-13(6-2-11)15(19)17-14-7-3-12(10-18)4-8-14/h3-4,7-8,11,13,18H,1-2,5-6,9-10,16H2,(H,17,19). The Morgan fingerprint density at radius 3 is 2.37 bits per heavy atom. The van der Waals surface area contributed by atoms with Gasteiger partial charge in [0.2, 0.25) is 5.91 Å². The molecule has 19 heavy (non-hydrogen) atoms. The summed E-state index contributed by atoms with van der Waals surface area (Å²) in [6.07, 6.45) is 3.97. The SMILES string of the molecule is NCC1CCC(C(=O)Nc2ccc(CO)cc2)CC1. The van der Waals surface area contributed by atoms with Crippen LogP contribution in [0.25, 0.3) is 0 Å². The molecule has 4 heteroatoms. The Balaban J connectivity index is 1.86. The lowest BCUT2D eigenvalue weighted by atomic mass is 9.81. The fourth-order valence-corrected chi connectivity index (χ4v) is 2.60. The summed E-state index contributed by atoms with van der Waals surface area (Å²) in [5, 5.41) is 11.9. The molecule has 0 saturated heterocycles. The second-order valence-electron chi connectivity index (χ2n) is 5.30. The monoisotopic (exact) mass is 262 g/mol. The highest BCUT2D eigenvalue weighted by molar-refractivity contribution is 5.92. The number of carbonyl (C=O) groups excluding carboxylic acids is 1. The zero-order chi connectivity index (χ0) is 13.7. The number of nitrogens with one attached hydrogen (secondary N) is 1. The van der Waals surface area contributed by atoms with Crippen LogP contribution in [0.2, 0.25) is 0 Å². The normalized spacial score (nSPS) is 23.1. The first-order valence-electron chi connectivity index (χ1n) is 6.93. The Hall–Kier alpha value is -1.39. The van der Waals surface area contributed by atoms with Crippen LogP contribution in [0.15, 0.2) is 24.3 Å². The van der Waals surface area contributed by atoms with Gasteiger partial charge in [0.15, 0.2) is 0 Å². The molecular weight excluding hydrogens is 240 g/mol. The molecule has 1 fully saturated rings. The highest BCUT2D eigenvalue weighted by atomic mass is 16.3. The lowest BCUT2D eigenvalue weighted by molar-refractivity contribution is -0.121. The molecule has 0 heterocycles. The van der Waals surface area contributed by atoms with Crippen LogP contribution < -0.4 is 11.1 Å². The maximum Gasteiger partial charge on any atom is 0.227 e. The van der Waals surface area contributed by atoms with Gasteiger partial charge >= 0.3 is 0 Å². The van der Waals surface area contributed by atoms with E-state index < -0.39 is 0 Å². The molecule has 2 rings (SSSR count). The molecule has 1 amide bonds. The minimum atomic E-state index is 0.0251. The Labute approximate surface area is 114 Å². The molecule has 4 N–H and O–H groups in total. The molecule has 1 aliphatic rings. The fraction of sp³-hybridized carbons (Fsp3) is 0.533. The first kappa shape index (κ1) is 14.0. The molecule has 1 aromatic carbocycles. The van der Waals surface area contributed by atoms with Crippen LogP contribution in [0, 0.1) is 11.8 Å². The summed E-state index contributed by atoms with van der Waals surface area (Å²) in [5.74, 6) is 0.806. The quantitative estimate of drug-likeness (QED) is 0.775. The van der Waals surface area contributed by atoms with Crippen molar-refractivity contribution in [3.05, 3.63) is 29.8 Å². The Morgan fingerprint density at radius 1 is 1.21 bits per heavy atom. The lowest BCUT2D eigenvalue weighted by Gasteiger charge is -2.26. The molecule has 0 aromatic heterocycles. The topological polar surface area (TPSA) is 75.4 Å². The Kier molecular flexibility index (Phi) is 4.93. The summed E-state index contributed by atoms with van der Waals surface area (Å²) in [6.45, 7) is 0.758. The van der Waals surface area contributed by atoms with Gasteiger partial charge in [-0.25, -0.2) is 0 Å². The van der Waals surface area contributed by atoms with Crippen LogP contribution in [-0.2, 0) is 11.4 Å². The Morgan fingerprint density at radius 2 is 1.84 bits per heavy atom. The van der Waals surface area contributed by atoms with E-state index in [0.717, 1.165) is 43.5 Å². The van der Waals surface area contributed by atoms with E-state index in [2.05, 4.69) is 5.32 Å². The second-order valence-corrected chi connectivity index (χ2v) is 5.30. The molecular formula is C15H22N2O2. The van der Waals surface area contributed by atoms with Crippen molar-refractivity contribution < 1.29 is 9.90 Å². The predicted octanol–water partition coefficient (Wildman–Crippen LogP) is 1.88. The van der Waals surface area contributed by atoms with Crippen molar-refractivity contribution in [3.63, 3.8) is 0 Å². The van der Waals surface area contributed by atoms with E-state index in [1.807, 2.05) is 24.3 Å². The van der Waals surface area contributed by atoms with Crippen LogP contribution in [0.3, 0.4) is 0 Å². The molecule has 0 unspecified atom stereocenters. The average Bonchev–Trinajstić information content (AvgIpc) is 2.48. The van der Waals surface area contributed by atoms with Gasteiger partial charge in [0.05, 0.1) is 6.61 Å². The van der Waals surface area contributed by atoms with Crippen molar-refractivity contribution in [1.82, 2.24) is 0 Å². The van der Waals surface area contributed by atoms with Crippen molar-refractivity contribution in [2.24, 2.45) is 17.6 Å². The lowest BCUT2D eigenvalue weighted by Crippen LogP contribution is -2.29. The van der Waals surface area contributed by atoms with Gasteiger partial charge in [-0.15, -0.1) is 0 Å². The number of carbonyl (C=O) groups is 1. The Bertz CT molecular complexity index is 409. The number of aliphatic hydroxyl groups is 1. The van der Waals surface area contributed by atoms with E-state index in [0.29, 0.717) is 5.92 Å². The molecule has 1 aliphatic carbocycles. The van der Waals surface area contributed by atoms with Crippen LogP contribution in [0.5, 0.6) is 0 Å². The number of hydrogen-bond acceptors (Lipinski definition) is 3. The molecule has 0 radical (unpaired) electrons. The van der Waals surface area contributed by atoms with E-state index >= 15 is 0 Å². The number of amides is 1. The maximum atomic E-state index is 12.1. The average molecular weight is 262 g/mol. The van der Waals surface area contributed by atoms with E-state index in [1.165, 1.54) is 0 Å². The number of hydrogen-bond donors (Lipinski definition) is 3. The van der Waals surface area contributed by atoms with Crippen molar-refractivity contribution in [1.29, 1.82) is 0 Å². The molecule has 0 atom stereocenters. The minimum absolute atomic E-state index is 0.0251. The fourth-order valence-electron chi connectivity index (χ4n) is 2.60. The second kappa shape index (κ2) is 6.68. The van der Waals surface area contributed by atoms with E-state index in [4.69, 9.17) is 10.8 Å². The van der Waals surface area contributed by atoms with Gasteiger partial charge in [-0.1, -0.05) is 12.1 Å². The summed E-state index contributed by atoms with van der Waals surface area (Å²) in [7, 11) is 0. The number of anilines is 1. The third kappa shape index (κ3) is 3.78. The zero-order valence-electron chi connectivity index (χ0n) is 11.1. The van der Waals surface area contributed by atoms with Gasteiger partial charge in [-0.2, -0.15) is 0 Å². The first-order chi connectivity index (χ1) is 9.22. The number of nitrogens with two attached hydrogens (primary N) is 1. The van der Waals surface area contributed by atoms with Gasteiger partial charge in [0.25, 0.3) is 0 Å². The predicted molar refractivity (Wildman–Crippen MR) is 75.5 cm³/mol. The molecule has 0 aliphatic heterocycles. The summed E-state index contributed by atoms with van der Waals surface area (Å²) in [4.78, 5) is 12.1. The summed E-state index contributed by atoms with van der Waals surface area (Å²) >= 11 is 0. The van der Waals surface area contributed by atoms with Gasteiger partial charge in [0, 0.05) is 11.6 Å². The molecule has 1 aromatic rings. The molecule has 1 saturated carbocycles. The van der Waals surface area contributed by atoms with Crippen LogP contribution in [0.1, 0.15) is 31.2 Å². The molecule has 104 valence electrons. The summed E-state index contributed by atoms with van der Waals surface area (Å²) < 4.78 is 0. The van der Waals surface area contributed by atoms with Crippen molar-refractivity contribution >= 4 is 11.6 Å². The van der Waals surface area contributed by atoms with E-state index in [9.17, 15) is 4.79 Å². The smallest absolute Gasteiger partial charge is 0.227 e. The summed E-state index contributed by atoms with van der Waals surface area (Å²) in [6, 6.07) is 7.30. The van der Waals surface area contributed by atoms with Crippen molar-refractivity contribution in [3.8, 4) is 0 Å². The van der Waals surface area contributed by atoms with Crippen LogP contribution in [-0.4, -0.2) is 17.6 Å². The highest BCUT2D eigenvalue weighted by Gasteiger charge is 2.25. The molecule has 0 bridgehead atoms. The van der Waals surface area contributed by atoms with Gasteiger partial charge in [0.1, 0.15) is 0 Å². The van der Waals surface area contributed by atoms with Gasteiger partial charge < -0.3 is 16.2 Å². The van der Waals surface area contributed by atoms with Crippen LogP contribution >= 0.6 is 0 Å². The molecule has 4 nitrogen and oxygen atoms in total. The van der Waals surface area contributed by atoms with Crippen LogP contribution in [0.4, 0.5) is 5.69 Å².